The average molecular weight is 1020 g/mol. The van der Waals surface area contributed by atoms with E-state index >= 15 is 0 Å². The number of primary amides is 1. The number of fused-ring (bicyclic) bond motifs is 1. The van der Waals surface area contributed by atoms with E-state index in [1.54, 1.807) is 6.20 Å². The number of carbonyl (C=O) groups excluding carboxylic acids is 10. The quantitative estimate of drug-likeness (QED) is 0.0468. The van der Waals surface area contributed by atoms with Gasteiger partial charge in [0.05, 0.1) is 42.7 Å². The van der Waals surface area contributed by atoms with Crippen molar-refractivity contribution in [1.29, 1.82) is 0 Å². The molecule has 1 aromatic carbocycles. The van der Waals surface area contributed by atoms with Gasteiger partial charge < -0.3 is 47.1 Å². The highest BCUT2D eigenvalue weighted by molar-refractivity contribution is 5.97. The largest absolute Gasteiger partial charge is 0.481 e. The summed E-state index contributed by atoms with van der Waals surface area (Å²) < 4.78 is 0. The van der Waals surface area contributed by atoms with E-state index < -0.39 is 114 Å². The number of H-pyrrole nitrogens is 1. The zero-order valence-electron chi connectivity index (χ0n) is 42.8. The Kier molecular flexibility index (Phi) is 24.0. The van der Waals surface area contributed by atoms with Crippen LogP contribution in [0.25, 0.3) is 10.9 Å². The normalized spacial score (nSPS) is 18.6. The summed E-state index contributed by atoms with van der Waals surface area (Å²) in [4.78, 5) is 149. The lowest BCUT2D eigenvalue weighted by Gasteiger charge is -2.25. The Balaban J connectivity index is 1.36. The number of carbonyl (C=O) groups is 11. The average Bonchev–Trinajstić information content (AvgIpc) is 4.12. The number of nitrogens with two attached hydrogens (primary N) is 1. The molecule has 0 unspecified atom stereocenters. The molecule has 402 valence electrons. The van der Waals surface area contributed by atoms with Crippen LogP contribution in [0.4, 0.5) is 0 Å². The monoisotopic (exact) mass is 1020 g/mol. The molecule has 1 aromatic heterocycles. The minimum absolute atomic E-state index is 0.0417. The van der Waals surface area contributed by atoms with Gasteiger partial charge in [-0.2, -0.15) is 0 Å². The van der Waals surface area contributed by atoms with E-state index in [1.165, 1.54) is 11.8 Å². The number of aliphatic carboxylic acids is 1. The number of nitrogens with zero attached hydrogens (tertiary/aromatic N) is 1. The van der Waals surface area contributed by atoms with Crippen LogP contribution >= 0.6 is 0 Å². The molecule has 8 atom stereocenters. The van der Waals surface area contributed by atoms with Crippen molar-refractivity contribution >= 4 is 75.3 Å². The molecule has 0 aliphatic carbocycles. The van der Waals surface area contributed by atoms with Crippen LogP contribution in [0.3, 0.4) is 0 Å². The number of aliphatic hydroxyl groups is 1. The lowest BCUT2D eigenvalue weighted by molar-refractivity contribution is -0.145. The predicted octanol–water partition coefficient (Wildman–Crippen LogP) is 2.93. The molecule has 2 fully saturated rings. The maximum absolute atomic E-state index is 14.0. The molecule has 5 amide bonds. The number of aliphatic hydroxyl groups excluding tert-OH is 1. The van der Waals surface area contributed by atoms with Crippen molar-refractivity contribution in [1.82, 2.24) is 31.2 Å². The number of hydrogen-bond donors (Lipinski definition) is 8. The number of carboxylic acid groups (broad SMARTS) is 1. The van der Waals surface area contributed by atoms with Crippen LogP contribution < -0.4 is 27.0 Å². The SMILES string of the molecule is CCCCC[C@H](CC(=O)[C@@H]1CCCN1C(=O)CCC(=O)[C@H](C)NC(=O)[C@@H](CC(=O)CNC(=O)[C@@H](CC(=O)[C@H](CCC(N)=O)NC(=O)CCC(=O)[C@@H]1C[C@@H](O)CN1)Cc1c[nH]c2ccccc12)CC(C)C)C(=O)O. The van der Waals surface area contributed by atoms with Crippen LogP contribution in [-0.2, 0) is 59.2 Å². The smallest absolute Gasteiger partial charge is 0.306 e. The number of carboxylic acids is 1. The number of para-hydroxylation sites is 1. The summed E-state index contributed by atoms with van der Waals surface area (Å²) in [7, 11) is 0. The fraction of sp³-hybridized carbons (Fsp3) is 0.642. The molecule has 9 N–H and O–H groups in total. The van der Waals surface area contributed by atoms with Gasteiger partial charge in [0.15, 0.2) is 23.1 Å². The van der Waals surface area contributed by atoms with Crippen LogP contribution in [0.1, 0.15) is 142 Å². The Labute approximate surface area is 426 Å². The number of β-amino-alcohol motifs (C(OH)–C–C–N with tert-alkyl or cyclic N) is 1. The standard InChI is InChI=1S/C53H77N7O13/c1-5-6-7-11-33(53(72)73)25-47(66)43-14-10-21-60(43)50(69)20-17-44(63)32(4)58-52(71)34(22-31(2)3)24-37(61)30-57-51(70)35(23-36-28-55-40-13-9-8-12-39(36)40)26-46(65)41(15-18-48(54)67)59-49(68)19-16-45(64)42-27-38(62)29-56-42/h8-9,12-13,28,31-35,38,41-43,55-56,62H,5-7,10-11,14-27,29-30H2,1-4H3,(H2,54,67)(H,57,70)(H,58,71)(H,59,68)(H,72,73)/t32-,33+,34+,35+,38+,41-,42-,43-/m0/s1. The molecule has 4 rings (SSSR count). The number of amides is 5. The molecule has 2 aliphatic rings. The van der Waals surface area contributed by atoms with Gasteiger partial charge in [0.25, 0.3) is 0 Å². The highest BCUT2D eigenvalue weighted by atomic mass is 16.4. The Bertz CT molecular complexity index is 2290. The van der Waals surface area contributed by atoms with E-state index in [1.807, 2.05) is 45.0 Å². The number of Topliss-reactive ketones (excluding diaryl/α,β-unsaturated/α-hetero) is 5. The zero-order chi connectivity index (χ0) is 53.8. The van der Waals surface area contributed by atoms with Crippen LogP contribution in [0.2, 0.25) is 0 Å². The van der Waals surface area contributed by atoms with Crippen molar-refractivity contribution in [2.45, 2.75) is 174 Å². The van der Waals surface area contributed by atoms with Gasteiger partial charge in [-0.15, -0.1) is 0 Å². The van der Waals surface area contributed by atoms with Crippen molar-refractivity contribution in [3.8, 4) is 0 Å². The fourth-order valence-corrected chi connectivity index (χ4v) is 9.71. The van der Waals surface area contributed by atoms with E-state index in [-0.39, 0.29) is 94.7 Å². The number of ketones is 5. The molecule has 0 bridgehead atoms. The number of rotatable bonds is 34. The Morgan fingerprint density at radius 3 is 2.22 bits per heavy atom. The van der Waals surface area contributed by atoms with Gasteiger partial charge in [0.2, 0.25) is 29.5 Å². The number of likely N-dealkylation sites (tertiary alicyclic amines) is 1. The van der Waals surface area contributed by atoms with Gasteiger partial charge in [-0.3, -0.25) is 52.7 Å². The van der Waals surface area contributed by atoms with E-state index in [0.29, 0.717) is 37.8 Å². The third-order valence-electron chi connectivity index (χ3n) is 13.8. The molecular weight excluding hydrogens is 943 g/mol. The van der Waals surface area contributed by atoms with Crippen LogP contribution in [0.15, 0.2) is 30.5 Å². The highest BCUT2D eigenvalue weighted by Gasteiger charge is 2.37. The lowest BCUT2D eigenvalue weighted by atomic mass is 9.89. The summed E-state index contributed by atoms with van der Waals surface area (Å²) in [5, 5.41) is 31.1. The molecule has 20 heteroatoms. The van der Waals surface area contributed by atoms with Gasteiger partial charge in [-0.25, -0.2) is 0 Å². The van der Waals surface area contributed by atoms with Gasteiger partial charge in [0.1, 0.15) is 5.78 Å². The van der Waals surface area contributed by atoms with Crippen LogP contribution in [-0.4, -0.2) is 134 Å². The van der Waals surface area contributed by atoms with Crippen molar-refractivity contribution in [3.63, 3.8) is 0 Å². The molecule has 2 saturated heterocycles. The zero-order valence-corrected chi connectivity index (χ0v) is 42.8. The first-order chi connectivity index (χ1) is 34.7. The third-order valence-corrected chi connectivity index (χ3v) is 13.8. The van der Waals surface area contributed by atoms with E-state index in [2.05, 4.69) is 26.3 Å². The maximum Gasteiger partial charge on any atom is 0.306 e. The van der Waals surface area contributed by atoms with Gasteiger partial charge in [0, 0.05) is 93.4 Å². The molecule has 0 saturated carbocycles. The topological polar surface area (TPSA) is 321 Å². The van der Waals surface area contributed by atoms with E-state index in [0.717, 1.165) is 23.7 Å². The molecule has 2 aromatic rings. The Morgan fingerprint density at radius 1 is 0.808 bits per heavy atom. The summed E-state index contributed by atoms with van der Waals surface area (Å²) in [5.41, 5.74) is 6.89. The number of benzene rings is 1. The van der Waals surface area contributed by atoms with Crippen molar-refractivity contribution in [2.75, 3.05) is 19.6 Å². The van der Waals surface area contributed by atoms with Crippen LogP contribution in [0, 0.1) is 23.7 Å². The molecule has 0 radical (unpaired) electrons. The van der Waals surface area contributed by atoms with Crippen LogP contribution in [0.5, 0.6) is 0 Å². The van der Waals surface area contributed by atoms with Crippen molar-refractivity contribution in [2.24, 2.45) is 29.4 Å². The Morgan fingerprint density at radius 2 is 1.55 bits per heavy atom. The third kappa shape index (κ3) is 19.3. The first-order valence-electron chi connectivity index (χ1n) is 25.9. The molecule has 3 heterocycles. The second kappa shape index (κ2) is 29.5. The minimum Gasteiger partial charge on any atom is -0.481 e. The summed E-state index contributed by atoms with van der Waals surface area (Å²) in [6.07, 6.45) is 3.24. The van der Waals surface area contributed by atoms with Gasteiger partial charge >= 0.3 is 5.97 Å². The number of hydrogen-bond acceptors (Lipinski definition) is 13. The first kappa shape index (κ1) is 59.4. The molecule has 73 heavy (non-hydrogen) atoms. The van der Waals surface area contributed by atoms with Crippen molar-refractivity contribution < 1.29 is 63.0 Å². The summed E-state index contributed by atoms with van der Waals surface area (Å²) in [6.45, 7) is 7.29. The second-order valence-corrected chi connectivity index (χ2v) is 20.3. The molecular formula is C53H77N7O13. The number of aromatic nitrogens is 1. The predicted molar refractivity (Wildman–Crippen MR) is 269 cm³/mol. The highest BCUT2D eigenvalue weighted by Crippen LogP contribution is 2.26. The number of unbranched alkanes of at least 4 members (excludes halogenated alkanes) is 2. The fourth-order valence-electron chi connectivity index (χ4n) is 9.71. The summed E-state index contributed by atoms with van der Waals surface area (Å²) >= 11 is 0. The van der Waals surface area contributed by atoms with E-state index in [4.69, 9.17) is 5.73 Å². The second-order valence-electron chi connectivity index (χ2n) is 20.3. The molecule has 0 spiro atoms. The van der Waals surface area contributed by atoms with E-state index in [9.17, 15) is 63.0 Å². The molecule has 20 nitrogen and oxygen atoms in total. The number of nitrogens with one attached hydrogen (secondary N) is 5. The lowest BCUT2D eigenvalue weighted by Crippen LogP contribution is -2.45. The maximum atomic E-state index is 14.0. The first-order valence-corrected chi connectivity index (χ1v) is 25.9. The van der Waals surface area contributed by atoms with Crippen molar-refractivity contribution in [3.05, 3.63) is 36.0 Å². The van der Waals surface area contributed by atoms with Gasteiger partial charge in [-0.1, -0.05) is 58.2 Å². The number of aromatic amines is 1. The molecule has 2 aliphatic heterocycles. The summed E-state index contributed by atoms with van der Waals surface area (Å²) in [5.74, 6) is -8.94. The minimum atomic E-state index is -1.23. The Hall–Kier alpha value is -6.15. The summed E-state index contributed by atoms with van der Waals surface area (Å²) in [6, 6.07) is 3.74. The van der Waals surface area contributed by atoms with Gasteiger partial charge in [-0.05, 0) is 69.4 Å².